The lowest BCUT2D eigenvalue weighted by atomic mass is 9.97. The highest BCUT2D eigenvalue weighted by molar-refractivity contribution is 9.10. The van der Waals surface area contributed by atoms with E-state index < -0.39 is 5.95 Å². The normalized spacial score (nSPS) is 17.1. The molecule has 3 aromatic rings. The molecule has 0 unspecified atom stereocenters. The summed E-state index contributed by atoms with van der Waals surface area (Å²) in [7, 11) is 0. The molecule has 146 valence electrons. The topological polar surface area (TPSA) is 59.7 Å². The van der Waals surface area contributed by atoms with E-state index in [1.807, 2.05) is 30.3 Å². The van der Waals surface area contributed by atoms with Crippen LogP contribution in [0.4, 0.5) is 9.18 Å². The van der Waals surface area contributed by atoms with Gasteiger partial charge in [-0.2, -0.15) is 4.39 Å². The Labute approximate surface area is 174 Å². The highest BCUT2D eigenvalue weighted by atomic mass is 79.9. The van der Waals surface area contributed by atoms with Gasteiger partial charge in [0.1, 0.15) is 22.6 Å². The minimum Gasteiger partial charge on any atom is -0.445 e. The first kappa shape index (κ1) is 19.1. The van der Waals surface area contributed by atoms with Gasteiger partial charge in [-0.15, -0.1) is 0 Å². The maximum atomic E-state index is 14.4. The number of halogens is 3. The lowest BCUT2D eigenvalue weighted by molar-refractivity contribution is 0.0852. The van der Waals surface area contributed by atoms with Crippen LogP contribution in [-0.4, -0.2) is 38.5 Å². The summed E-state index contributed by atoms with van der Waals surface area (Å²) in [6, 6.07) is 9.52. The van der Waals surface area contributed by atoms with Gasteiger partial charge in [0.25, 0.3) is 0 Å². The number of fused-ring (bicyclic) bond motifs is 1. The van der Waals surface area contributed by atoms with Crippen LogP contribution in [0.15, 0.2) is 41.1 Å². The smallest absolute Gasteiger partial charge is 0.410 e. The van der Waals surface area contributed by atoms with Crippen molar-refractivity contribution in [1.29, 1.82) is 0 Å². The van der Waals surface area contributed by atoms with Crippen molar-refractivity contribution < 1.29 is 13.9 Å². The number of carbonyl (C=O) groups excluding carboxylic acids is 1. The molecule has 0 saturated carbocycles. The van der Waals surface area contributed by atoms with E-state index in [-0.39, 0.29) is 23.8 Å². The van der Waals surface area contributed by atoms with Gasteiger partial charge in [-0.1, -0.05) is 41.9 Å². The number of piperidine rings is 1. The van der Waals surface area contributed by atoms with Gasteiger partial charge in [-0.05, 0) is 34.3 Å². The molecular formula is C19H17BrClFN4O2. The van der Waals surface area contributed by atoms with Crippen molar-refractivity contribution in [3.05, 3.63) is 63.6 Å². The van der Waals surface area contributed by atoms with Crippen LogP contribution in [-0.2, 0) is 11.3 Å². The largest absolute Gasteiger partial charge is 0.445 e. The molecule has 6 nitrogen and oxygen atoms in total. The quantitative estimate of drug-likeness (QED) is 0.555. The molecule has 28 heavy (non-hydrogen) atoms. The molecule has 4 rings (SSSR count). The standard InChI is InChI=1S/C19H17BrClFN4O2/c20-16-15-17(21)23-9-14(22)26(15)18(24-16)13-7-4-8-25(10-13)19(27)28-11-12-5-2-1-3-6-12/h1-3,5-6,9,13H,4,7-8,10-11H2/t13-/m1/s1. The zero-order valence-electron chi connectivity index (χ0n) is 14.8. The van der Waals surface area contributed by atoms with Gasteiger partial charge in [0.15, 0.2) is 5.15 Å². The van der Waals surface area contributed by atoms with Crippen molar-refractivity contribution in [3.63, 3.8) is 0 Å². The summed E-state index contributed by atoms with van der Waals surface area (Å²) in [6.07, 6.45) is 2.25. The minimum absolute atomic E-state index is 0.134. The van der Waals surface area contributed by atoms with Gasteiger partial charge in [0.05, 0.1) is 6.20 Å². The summed E-state index contributed by atoms with van der Waals surface area (Å²) in [5, 5.41) is 0.168. The Balaban J connectivity index is 1.52. The number of benzene rings is 1. The van der Waals surface area contributed by atoms with Crippen molar-refractivity contribution >= 4 is 39.1 Å². The van der Waals surface area contributed by atoms with Crippen LogP contribution in [0.5, 0.6) is 0 Å². The summed E-state index contributed by atoms with van der Waals surface area (Å²) in [4.78, 5) is 22.4. The maximum Gasteiger partial charge on any atom is 0.410 e. The molecule has 1 aliphatic heterocycles. The van der Waals surface area contributed by atoms with Crippen molar-refractivity contribution in [3.8, 4) is 0 Å². The van der Waals surface area contributed by atoms with Gasteiger partial charge in [-0.3, -0.25) is 4.40 Å². The number of ether oxygens (including phenoxy) is 1. The SMILES string of the molecule is O=C(OCc1ccccc1)N1CCC[C@@H](c2nc(Br)c3c(Cl)ncc(F)n23)C1. The Morgan fingerprint density at radius 2 is 2.14 bits per heavy atom. The van der Waals surface area contributed by atoms with Crippen LogP contribution in [0.3, 0.4) is 0 Å². The molecule has 1 saturated heterocycles. The van der Waals surface area contributed by atoms with E-state index in [0.717, 1.165) is 24.6 Å². The van der Waals surface area contributed by atoms with Gasteiger partial charge < -0.3 is 9.64 Å². The Hall–Kier alpha value is -2.19. The number of rotatable bonds is 3. The molecule has 9 heteroatoms. The second kappa shape index (κ2) is 8.05. The molecular weight excluding hydrogens is 451 g/mol. The van der Waals surface area contributed by atoms with Crippen LogP contribution >= 0.6 is 27.5 Å². The fourth-order valence-electron chi connectivity index (χ4n) is 3.47. The molecule has 1 aromatic carbocycles. The summed E-state index contributed by atoms with van der Waals surface area (Å²) in [5.74, 6) is -0.162. The van der Waals surface area contributed by atoms with Gasteiger partial charge in [-0.25, -0.2) is 14.8 Å². The minimum atomic E-state index is -0.545. The first-order valence-electron chi connectivity index (χ1n) is 8.88. The lowest BCUT2D eigenvalue weighted by Crippen LogP contribution is -2.39. The molecule has 0 spiro atoms. The summed E-state index contributed by atoms with van der Waals surface area (Å²) >= 11 is 9.45. The number of imidazole rings is 1. The number of aromatic nitrogens is 3. The molecule has 1 amide bonds. The third-order valence-corrected chi connectivity index (χ3v) is 5.63. The molecule has 3 heterocycles. The highest BCUT2D eigenvalue weighted by Crippen LogP contribution is 2.33. The average Bonchev–Trinajstić information content (AvgIpc) is 3.08. The second-order valence-electron chi connectivity index (χ2n) is 6.64. The van der Waals surface area contributed by atoms with Gasteiger partial charge >= 0.3 is 6.09 Å². The average molecular weight is 468 g/mol. The molecule has 0 radical (unpaired) electrons. The van der Waals surface area contributed by atoms with E-state index in [9.17, 15) is 9.18 Å². The lowest BCUT2D eigenvalue weighted by Gasteiger charge is -2.31. The van der Waals surface area contributed by atoms with Crippen molar-refractivity contribution in [2.24, 2.45) is 0 Å². The van der Waals surface area contributed by atoms with Gasteiger partial charge in [0, 0.05) is 19.0 Å². The summed E-state index contributed by atoms with van der Waals surface area (Å²) in [6.45, 7) is 1.21. The fraction of sp³-hybridized carbons (Fsp3) is 0.316. The van der Waals surface area contributed by atoms with Crippen molar-refractivity contribution in [2.45, 2.75) is 25.4 Å². The van der Waals surface area contributed by atoms with Crippen LogP contribution in [0.2, 0.25) is 5.15 Å². The summed E-state index contributed by atoms with van der Waals surface area (Å²) in [5.41, 5.74) is 1.32. The first-order chi connectivity index (χ1) is 13.5. The van der Waals surface area contributed by atoms with Crippen molar-refractivity contribution in [1.82, 2.24) is 19.3 Å². The highest BCUT2D eigenvalue weighted by Gasteiger charge is 2.30. The number of hydrogen-bond acceptors (Lipinski definition) is 4. The number of likely N-dealkylation sites (tertiary alicyclic amines) is 1. The van der Waals surface area contributed by atoms with Crippen LogP contribution in [0.25, 0.3) is 5.52 Å². The van der Waals surface area contributed by atoms with Crippen molar-refractivity contribution in [2.75, 3.05) is 13.1 Å². The first-order valence-corrected chi connectivity index (χ1v) is 10.0. The molecule has 2 aromatic heterocycles. The van der Waals surface area contributed by atoms with Gasteiger partial charge in [0.2, 0.25) is 5.95 Å². The van der Waals surface area contributed by atoms with Crippen LogP contribution in [0, 0.1) is 5.95 Å². The molecule has 0 aliphatic carbocycles. The third-order valence-electron chi connectivity index (χ3n) is 4.80. The molecule has 1 fully saturated rings. The molecule has 0 bridgehead atoms. The van der Waals surface area contributed by atoms with E-state index in [0.29, 0.717) is 29.0 Å². The molecule has 1 aliphatic rings. The monoisotopic (exact) mass is 466 g/mol. The Kier molecular flexibility index (Phi) is 5.50. The van der Waals surface area contributed by atoms with Crippen LogP contribution in [0.1, 0.15) is 30.1 Å². The van der Waals surface area contributed by atoms with E-state index >= 15 is 0 Å². The molecule has 1 atom stereocenters. The maximum absolute atomic E-state index is 14.4. The third kappa shape index (κ3) is 3.71. The predicted molar refractivity (Wildman–Crippen MR) is 106 cm³/mol. The number of carbonyl (C=O) groups is 1. The Morgan fingerprint density at radius 1 is 1.36 bits per heavy atom. The summed E-state index contributed by atoms with van der Waals surface area (Å²) < 4.78 is 21.7. The van der Waals surface area contributed by atoms with E-state index in [2.05, 4.69) is 25.9 Å². The number of amides is 1. The zero-order valence-corrected chi connectivity index (χ0v) is 17.2. The second-order valence-corrected chi connectivity index (χ2v) is 7.75. The van der Waals surface area contributed by atoms with E-state index in [1.165, 1.54) is 4.40 Å². The number of hydrogen-bond donors (Lipinski definition) is 0. The Morgan fingerprint density at radius 3 is 2.93 bits per heavy atom. The van der Waals surface area contributed by atoms with E-state index in [4.69, 9.17) is 16.3 Å². The Bertz CT molecular complexity index is 1010. The molecule has 0 N–H and O–H groups in total. The van der Waals surface area contributed by atoms with E-state index in [1.54, 1.807) is 4.90 Å². The fourth-order valence-corrected chi connectivity index (χ4v) is 4.35. The van der Waals surface area contributed by atoms with Crippen LogP contribution < -0.4 is 0 Å². The predicted octanol–water partition coefficient (Wildman–Crippen LogP) is 4.80. The number of nitrogens with zero attached hydrogens (tertiary/aromatic N) is 4. The zero-order chi connectivity index (χ0) is 19.7.